The van der Waals surface area contributed by atoms with Crippen LogP contribution in [0.5, 0.6) is 0 Å². The number of nitrogens with one attached hydrogen (secondary N) is 1. The average molecular weight is 263 g/mol. The molecule has 1 saturated carbocycles. The van der Waals surface area contributed by atoms with E-state index in [1.807, 2.05) is 30.3 Å². The molecule has 3 unspecified atom stereocenters. The molecule has 19 heavy (non-hydrogen) atoms. The molecule has 4 nitrogen and oxygen atoms in total. The zero-order chi connectivity index (χ0) is 13.3. The molecular formula is C15H21NO3. The molecule has 3 rings (SSSR count). The summed E-state index contributed by atoms with van der Waals surface area (Å²) in [6.07, 6.45) is 1.63. The van der Waals surface area contributed by atoms with E-state index in [0.29, 0.717) is 12.7 Å². The Morgan fingerprint density at radius 1 is 1.37 bits per heavy atom. The zero-order valence-electron chi connectivity index (χ0n) is 11.2. The molecule has 0 radical (unpaired) electrons. The van der Waals surface area contributed by atoms with Gasteiger partial charge in [0.15, 0.2) is 6.29 Å². The van der Waals surface area contributed by atoms with Gasteiger partial charge in [-0.05, 0) is 18.4 Å². The van der Waals surface area contributed by atoms with Crippen molar-refractivity contribution in [2.75, 3.05) is 13.7 Å². The fourth-order valence-electron chi connectivity index (χ4n) is 3.03. The van der Waals surface area contributed by atoms with Crippen molar-refractivity contribution in [3.63, 3.8) is 0 Å². The first kappa shape index (κ1) is 13.1. The van der Waals surface area contributed by atoms with Crippen LogP contribution in [0, 0.1) is 5.41 Å². The smallest absolute Gasteiger partial charge is 0.170 e. The van der Waals surface area contributed by atoms with Gasteiger partial charge in [0, 0.05) is 19.1 Å². The molecule has 4 atom stereocenters. The van der Waals surface area contributed by atoms with Gasteiger partial charge in [-0.1, -0.05) is 30.3 Å². The van der Waals surface area contributed by atoms with Gasteiger partial charge in [0.2, 0.25) is 0 Å². The molecule has 0 amide bonds. The van der Waals surface area contributed by atoms with Gasteiger partial charge in [-0.3, -0.25) is 0 Å². The van der Waals surface area contributed by atoms with E-state index in [1.165, 1.54) is 0 Å². The largest absolute Gasteiger partial charge is 0.381 e. The average Bonchev–Trinajstić information content (AvgIpc) is 2.96. The lowest BCUT2D eigenvalue weighted by Gasteiger charge is -2.19. The van der Waals surface area contributed by atoms with Gasteiger partial charge in [0.25, 0.3) is 0 Å². The first-order chi connectivity index (χ1) is 9.23. The van der Waals surface area contributed by atoms with Crippen LogP contribution in [0.3, 0.4) is 0 Å². The molecular weight excluding hydrogens is 242 g/mol. The standard InChI is InChI=1S/C15H21NO3/c1-18-13-8-15(13)7-12(16-10-15)14(17)19-9-11-5-3-2-4-6-11/h2-6,12-14,16-17H,7-10H2,1H3/t12-,13?,14?,15?/m0/s1. The zero-order valence-corrected chi connectivity index (χ0v) is 11.2. The van der Waals surface area contributed by atoms with Gasteiger partial charge in [-0.2, -0.15) is 0 Å². The van der Waals surface area contributed by atoms with E-state index in [4.69, 9.17) is 9.47 Å². The number of benzene rings is 1. The topological polar surface area (TPSA) is 50.7 Å². The van der Waals surface area contributed by atoms with Crippen molar-refractivity contribution in [1.82, 2.24) is 5.32 Å². The summed E-state index contributed by atoms with van der Waals surface area (Å²) in [5.41, 5.74) is 1.33. The van der Waals surface area contributed by atoms with Gasteiger partial charge in [0.05, 0.1) is 18.8 Å². The summed E-state index contributed by atoms with van der Waals surface area (Å²) in [7, 11) is 1.76. The van der Waals surface area contributed by atoms with Crippen molar-refractivity contribution in [3.05, 3.63) is 35.9 Å². The summed E-state index contributed by atoms with van der Waals surface area (Å²) >= 11 is 0. The molecule has 1 saturated heterocycles. The maximum atomic E-state index is 10.1. The van der Waals surface area contributed by atoms with E-state index in [-0.39, 0.29) is 11.5 Å². The Kier molecular flexibility index (Phi) is 3.58. The van der Waals surface area contributed by atoms with Crippen molar-refractivity contribution in [3.8, 4) is 0 Å². The number of aliphatic hydroxyl groups is 1. The Morgan fingerprint density at radius 2 is 2.16 bits per heavy atom. The van der Waals surface area contributed by atoms with E-state index in [9.17, 15) is 5.11 Å². The van der Waals surface area contributed by atoms with Gasteiger partial charge >= 0.3 is 0 Å². The van der Waals surface area contributed by atoms with Crippen LogP contribution in [-0.4, -0.2) is 37.2 Å². The minimum Gasteiger partial charge on any atom is -0.381 e. The van der Waals surface area contributed by atoms with Crippen LogP contribution < -0.4 is 5.32 Å². The van der Waals surface area contributed by atoms with E-state index < -0.39 is 6.29 Å². The predicted molar refractivity (Wildman–Crippen MR) is 71.5 cm³/mol. The van der Waals surface area contributed by atoms with Crippen LogP contribution in [0.4, 0.5) is 0 Å². The lowest BCUT2D eigenvalue weighted by molar-refractivity contribution is -0.125. The molecule has 1 aromatic rings. The summed E-state index contributed by atoms with van der Waals surface area (Å²) in [5, 5.41) is 13.5. The van der Waals surface area contributed by atoms with Crippen molar-refractivity contribution in [2.24, 2.45) is 5.41 Å². The molecule has 1 heterocycles. The van der Waals surface area contributed by atoms with Crippen LogP contribution in [-0.2, 0) is 16.1 Å². The van der Waals surface area contributed by atoms with E-state index in [2.05, 4.69) is 5.32 Å². The third-order valence-corrected chi connectivity index (χ3v) is 4.35. The van der Waals surface area contributed by atoms with Gasteiger partial charge < -0.3 is 19.9 Å². The van der Waals surface area contributed by atoms with E-state index in [1.54, 1.807) is 7.11 Å². The summed E-state index contributed by atoms with van der Waals surface area (Å²) in [4.78, 5) is 0. The molecule has 0 aromatic heterocycles. The molecule has 1 aliphatic carbocycles. The molecule has 1 spiro atoms. The normalized spacial score (nSPS) is 34.6. The highest BCUT2D eigenvalue weighted by Gasteiger charge is 2.59. The molecule has 1 aliphatic heterocycles. The number of methoxy groups -OCH3 is 1. The summed E-state index contributed by atoms with van der Waals surface area (Å²) in [6, 6.07) is 9.93. The van der Waals surface area contributed by atoms with Crippen molar-refractivity contribution < 1.29 is 14.6 Å². The van der Waals surface area contributed by atoms with Crippen LogP contribution in [0.2, 0.25) is 0 Å². The third-order valence-electron chi connectivity index (χ3n) is 4.35. The molecule has 2 fully saturated rings. The summed E-state index contributed by atoms with van der Waals surface area (Å²) < 4.78 is 10.9. The molecule has 1 aromatic carbocycles. The van der Waals surface area contributed by atoms with Crippen LogP contribution in [0.1, 0.15) is 18.4 Å². The first-order valence-corrected chi connectivity index (χ1v) is 6.83. The van der Waals surface area contributed by atoms with Crippen molar-refractivity contribution in [1.29, 1.82) is 0 Å². The molecule has 0 bridgehead atoms. The van der Waals surface area contributed by atoms with E-state index in [0.717, 1.165) is 24.9 Å². The Morgan fingerprint density at radius 3 is 2.84 bits per heavy atom. The number of rotatable bonds is 5. The summed E-state index contributed by atoms with van der Waals surface area (Å²) in [6.45, 7) is 1.36. The second kappa shape index (κ2) is 5.21. The third kappa shape index (κ3) is 2.67. The highest BCUT2D eigenvalue weighted by Crippen LogP contribution is 2.54. The lowest BCUT2D eigenvalue weighted by atomic mass is 10.0. The van der Waals surface area contributed by atoms with Gasteiger partial charge in [-0.15, -0.1) is 0 Å². The fraction of sp³-hybridized carbons (Fsp3) is 0.600. The second-order valence-electron chi connectivity index (χ2n) is 5.67. The predicted octanol–water partition coefficient (Wildman–Crippen LogP) is 1.29. The number of hydrogen-bond acceptors (Lipinski definition) is 4. The Labute approximate surface area is 113 Å². The SMILES string of the molecule is COC1CC12CN[C@H](C(O)OCc1ccccc1)C2. The highest BCUT2D eigenvalue weighted by atomic mass is 16.6. The lowest BCUT2D eigenvalue weighted by Crippen LogP contribution is -2.36. The number of ether oxygens (including phenoxy) is 2. The fourth-order valence-corrected chi connectivity index (χ4v) is 3.03. The minimum absolute atomic E-state index is 0.0175. The first-order valence-electron chi connectivity index (χ1n) is 6.83. The monoisotopic (exact) mass is 263 g/mol. The quantitative estimate of drug-likeness (QED) is 0.786. The highest BCUT2D eigenvalue weighted by molar-refractivity contribution is 5.14. The Bertz CT molecular complexity index is 425. The summed E-state index contributed by atoms with van der Waals surface area (Å²) in [5.74, 6) is 0. The van der Waals surface area contributed by atoms with Crippen molar-refractivity contribution >= 4 is 0 Å². The molecule has 4 heteroatoms. The van der Waals surface area contributed by atoms with Gasteiger partial charge in [0.1, 0.15) is 0 Å². The van der Waals surface area contributed by atoms with Crippen LogP contribution in [0.25, 0.3) is 0 Å². The minimum atomic E-state index is -0.752. The van der Waals surface area contributed by atoms with Crippen molar-refractivity contribution in [2.45, 2.75) is 37.9 Å². The maximum absolute atomic E-state index is 10.1. The number of hydrogen-bond donors (Lipinski definition) is 2. The van der Waals surface area contributed by atoms with Crippen LogP contribution >= 0.6 is 0 Å². The Hall–Kier alpha value is -0.940. The second-order valence-corrected chi connectivity index (χ2v) is 5.67. The maximum Gasteiger partial charge on any atom is 0.170 e. The molecule has 2 aliphatic rings. The van der Waals surface area contributed by atoms with Gasteiger partial charge in [-0.25, -0.2) is 0 Å². The Balaban J connectivity index is 1.48. The van der Waals surface area contributed by atoms with Crippen LogP contribution in [0.15, 0.2) is 30.3 Å². The number of aliphatic hydroxyl groups excluding tert-OH is 1. The molecule has 2 N–H and O–H groups in total. The van der Waals surface area contributed by atoms with E-state index >= 15 is 0 Å². The molecule has 104 valence electrons.